The topological polar surface area (TPSA) is 55.8 Å². The summed E-state index contributed by atoms with van der Waals surface area (Å²) in [6, 6.07) is 0. The molecular weight excluding hydrogens is 172 g/mol. The molecule has 1 radical (unpaired) electrons. The number of carboxylic acids is 1. The van der Waals surface area contributed by atoms with Gasteiger partial charge < -0.3 is 14.6 Å². The Kier molecular flexibility index (Phi) is 15.4. The van der Waals surface area contributed by atoms with Gasteiger partial charge in [0.2, 0.25) is 0 Å². The van der Waals surface area contributed by atoms with Gasteiger partial charge in [0, 0.05) is 19.3 Å². The summed E-state index contributed by atoms with van der Waals surface area (Å²) < 4.78 is 9.88. The van der Waals surface area contributed by atoms with Crippen LogP contribution in [0, 0.1) is 6.92 Å². The fraction of sp³-hybridized carbons (Fsp3) is 0.556. The molecule has 0 aromatic heterocycles. The Morgan fingerprint density at radius 1 is 1.46 bits per heavy atom. The minimum Gasteiger partial charge on any atom is -0.478 e. The first-order valence-electron chi connectivity index (χ1n) is 3.99. The van der Waals surface area contributed by atoms with E-state index < -0.39 is 5.97 Å². The normalized spacial score (nSPS) is 8.46. The molecule has 0 aromatic carbocycles. The van der Waals surface area contributed by atoms with Crippen molar-refractivity contribution in [3.63, 3.8) is 0 Å². The van der Waals surface area contributed by atoms with Gasteiger partial charge in [-0.2, -0.15) is 0 Å². The summed E-state index contributed by atoms with van der Waals surface area (Å²) in [5, 5.41) is 7.60. The van der Waals surface area contributed by atoms with E-state index in [0.717, 1.165) is 12.7 Å². The minimum absolute atomic E-state index is 0.535. The van der Waals surface area contributed by atoms with Gasteiger partial charge in [0.25, 0.3) is 0 Å². The first-order valence-corrected chi connectivity index (χ1v) is 3.99. The Morgan fingerprint density at radius 2 is 1.92 bits per heavy atom. The van der Waals surface area contributed by atoms with Crippen LogP contribution < -0.4 is 0 Å². The summed E-state index contributed by atoms with van der Waals surface area (Å²) in [6.07, 6.45) is 0.833. The van der Waals surface area contributed by atoms with Crippen molar-refractivity contribution in [2.75, 3.05) is 26.4 Å². The first kappa shape index (κ1) is 14.6. The molecule has 4 heteroatoms. The van der Waals surface area contributed by atoms with Crippen molar-refractivity contribution < 1.29 is 19.4 Å². The Balaban J connectivity index is 0. The second-order valence-corrected chi connectivity index (χ2v) is 1.85. The van der Waals surface area contributed by atoms with Crippen LogP contribution in [0.4, 0.5) is 0 Å². The van der Waals surface area contributed by atoms with Gasteiger partial charge in [0.15, 0.2) is 0 Å². The number of ether oxygens (including phenoxy) is 2. The predicted molar refractivity (Wildman–Crippen MR) is 50.5 cm³/mol. The van der Waals surface area contributed by atoms with E-state index in [4.69, 9.17) is 14.6 Å². The number of hydrogen-bond acceptors (Lipinski definition) is 3. The lowest BCUT2D eigenvalue weighted by molar-refractivity contribution is -0.131. The van der Waals surface area contributed by atoms with Gasteiger partial charge in [-0.25, -0.2) is 4.79 Å². The lowest BCUT2D eigenvalue weighted by Crippen LogP contribution is -2.02. The van der Waals surface area contributed by atoms with Gasteiger partial charge in [-0.1, -0.05) is 6.58 Å². The Bertz CT molecular complexity index is 117. The minimum atomic E-state index is -0.981. The van der Waals surface area contributed by atoms with Crippen LogP contribution >= 0.6 is 0 Å². The molecular formula is C9H17O4. The summed E-state index contributed by atoms with van der Waals surface area (Å²) in [5.41, 5.74) is 0. The largest absolute Gasteiger partial charge is 0.478 e. The molecule has 0 unspecified atom stereocenters. The summed E-state index contributed by atoms with van der Waals surface area (Å²) in [5.74, 6) is -0.981. The number of carbonyl (C=O) groups is 1. The monoisotopic (exact) mass is 189 g/mol. The van der Waals surface area contributed by atoms with Crippen LogP contribution in [0.1, 0.15) is 6.92 Å². The highest BCUT2D eigenvalue weighted by atomic mass is 16.5. The molecule has 0 saturated heterocycles. The van der Waals surface area contributed by atoms with E-state index in [1.807, 2.05) is 6.92 Å². The van der Waals surface area contributed by atoms with Crippen LogP contribution in [0.5, 0.6) is 0 Å². The standard InChI is InChI=1S/C6H13O2.C3H4O2/c1-3-7-5-6-8-4-2;1-2-3(4)5/h1,3-6H2,2H3;2H,1H2,(H,4,5). The summed E-state index contributed by atoms with van der Waals surface area (Å²) >= 11 is 0. The zero-order valence-electron chi connectivity index (χ0n) is 7.99. The maximum absolute atomic E-state index is 9.25. The van der Waals surface area contributed by atoms with Crippen LogP contribution in [-0.2, 0) is 14.3 Å². The maximum Gasteiger partial charge on any atom is 0.327 e. The van der Waals surface area contributed by atoms with Crippen LogP contribution in [0.25, 0.3) is 0 Å². The highest BCUT2D eigenvalue weighted by Crippen LogP contribution is 1.75. The van der Waals surface area contributed by atoms with Crippen molar-refractivity contribution in [1.29, 1.82) is 0 Å². The van der Waals surface area contributed by atoms with Gasteiger partial charge in [-0.05, 0) is 13.8 Å². The van der Waals surface area contributed by atoms with E-state index in [2.05, 4.69) is 13.5 Å². The third-order valence-electron chi connectivity index (χ3n) is 0.895. The van der Waals surface area contributed by atoms with Crippen LogP contribution in [-0.4, -0.2) is 37.5 Å². The molecule has 13 heavy (non-hydrogen) atoms. The summed E-state index contributed by atoms with van der Waals surface area (Å²) in [7, 11) is 0. The Morgan fingerprint density at radius 3 is 2.23 bits per heavy atom. The third-order valence-corrected chi connectivity index (χ3v) is 0.895. The van der Waals surface area contributed by atoms with Crippen molar-refractivity contribution >= 4 is 5.97 Å². The van der Waals surface area contributed by atoms with Gasteiger partial charge in [0.1, 0.15) is 0 Å². The van der Waals surface area contributed by atoms with Crippen molar-refractivity contribution in [2.24, 2.45) is 0 Å². The van der Waals surface area contributed by atoms with E-state index in [9.17, 15) is 4.79 Å². The smallest absolute Gasteiger partial charge is 0.327 e. The second-order valence-electron chi connectivity index (χ2n) is 1.85. The molecule has 0 aliphatic rings. The highest BCUT2D eigenvalue weighted by molar-refractivity contribution is 5.78. The zero-order valence-corrected chi connectivity index (χ0v) is 7.99. The molecule has 0 bridgehead atoms. The molecule has 0 saturated carbocycles. The van der Waals surface area contributed by atoms with Gasteiger partial charge in [-0.3, -0.25) is 0 Å². The van der Waals surface area contributed by atoms with Crippen molar-refractivity contribution in [3.05, 3.63) is 19.6 Å². The summed E-state index contributed by atoms with van der Waals surface area (Å²) in [6.45, 7) is 11.1. The molecule has 0 atom stereocenters. The average molecular weight is 189 g/mol. The Hall–Kier alpha value is -0.870. The molecule has 1 N–H and O–H groups in total. The fourth-order valence-electron chi connectivity index (χ4n) is 0.364. The van der Waals surface area contributed by atoms with Crippen molar-refractivity contribution in [2.45, 2.75) is 6.92 Å². The number of hydrogen-bond donors (Lipinski definition) is 1. The van der Waals surface area contributed by atoms with Crippen LogP contribution in [0.3, 0.4) is 0 Å². The van der Waals surface area contributed by atoms with E-state index in [0.29, 0.717) is 19.8 Å². The van der Waals surface area contributed by atoms with Crippen molar-refractivity contribution in [1.82, 2.24) is 0 Å². The third kappa shape index (κ3) is 24.7. The zero-order chi connectivity index (χ0) is 10.5. The van der Waals surface area contributed by atoms with E-state index >= 15 is 0 Å². The van der Waals surface area contributed by atoms with E-state index in [1.165, 1.54) is 0 Å². The van der Waals surface area contributed by atoms with E-state index in [-0.39, 0.29) is 0 Å². The first-order chi connectivity index (χ1) is 6.18. The average Bonchev–Trinajstić information content (AvgIpc) is 2.14. The molecule has 0 fully saturated rings. The SMILES string of the molecule is C=CC(=O)O.[CH2]COCCOCC. The molecule has 0 aromatic rings. The molecule has 0 spiro atoms. The fourth-order valence-corrected chi connectivity index (χ4v) is 0.364. The summed E-state index contributed by atoms with van der Waals surface area (Å²) in [4.78, 5) is 9.25. The number of carboxylic acid groups (broad SMARTS) is 1. The molecule has 0 aliphatic carbocycles. The number of rotatable bonds is 6. The molecule has 0 amide bonds. The lowest BCUT2D eigenvalue weighted by atomic mass is 10.7. The second kappa shape index (κ2) is 13.7. The van der Waals surface area contributed by atoms with Crippen LogP contribution in [0.2, 0.25) is 0 Å². The molecule has 0 heterocycles. The highest BCUT2D eigenvalue weighted by Gasteiger charge is 1.81. The quantitative estimate of drug-likeness (QED) is 0.502. The molecule has 0 rings (SSSR count). The van der Waals surface area contributed by atoms with E-state index in [1.54, 1.807) is 0 Å². The van der Waals surface area contributed by atoms with Gasteiger partial charge >= 0.3 is 5.97 Å². The molecule has 4 nitrogen and oxygen atoms in total. The molecule has 77 valence electrons. The Labute approximate surface area is 79.2 Å². The van der Waals surface area contributed by atoms with Crippen LogP contribution in [0.15, 0.2) is 12.7 Å². The van der Waals surface area contributed by atoms with Gasteiger partial charge in [-0.15, -0.1) is 0 Å². The van der Waals surface area contributed by atoms with Gasteiger partial charge in [0.05, 0.1) is 13.2 Å². The predicted octanol–water partition coefficient (Wildman–Crippen LogP) is 1.13. The maximum atomic E-state index is 9.25. The lowest BCUT2D eigenvalue weighted by Gasteiger charge is -1.98. The van der Waals surface area contributed by atoms with Crippen molar-refractivity contribution in [3.8, 4) is 0 Å². The number of aliphatic carboxylic acids is 1. The molecule has 0 aliphatic heterocycles.